The van der Waals surface area contributed by atoms with Crippen LogP contribution < -0.4 is 15.5 Å². The lowest BCUT2D eigenvalue weighted by molar-refractivity contribution is -0.143. The van der Waals surface area contributed by atoms with E-state index in [-0.39, 0.29) is 48.6 Å². The van der Waals surface area contributed by atoms with E-state index in [0.29, 0.717) is 28.5 Å². The van der Waals surface area contributed by atoms with Crippen molar-refractivity contribution in [2.45, 2.75) is 43.7 Å². The fourth-order valence-corrected chi connectivity index (χ4v) is 5.54. The summed E-state index contributed by atoms with van der Waals surface area (Å²) in [4.78, 5) is 40.6. The molecule has 14 heteroatoms. The third-order valence-corrected chi connectivity index (χ3v) is 7.94. The van der Waals surface area contributed by atoms with Crippen LogP contribution in [0.1, 0.15) is 50.4 Å². The molecule has 0 saturated carbocycles. The number of hydrogen-bond donors (Lipinski definition) is 1. The third-order valence-electron chi connectivity index (χ3n) is 7.69. The smallest absolute Gasteiger partial charge is 0.416 e. The second-order valence-electron chi connectivity index (χ2n) is 10.8. The quantitative estimate of drug-likeness (QED) is 0.221. The van der Waals surface area contributed by atoms with Gasteiger partial charge in [-0.05, 0) is 73.4 Å². The van der Waals surface area contributed by atoms with Crippen LogP contribution in [-0.2, 0) is 18.8 Å². The van der Waals surface area contributed by atoms with E-state index in [1.54, 1.807) is 30.3 Å². The molecule has 0 spiro atoms. The fraction of sp³-hybridized carbons (Fsp3) is 0.281. The maximum Gasteiger partial charge on any atom is 0.416 e. The van der Waals surface area contributed by atoms with Crippen molar-refractivity contribution in [2.24, 2.45) is 0 Å². The molecule has 0 aliphatic carbocycles. The third kappa shape index (κ3) is 7.30. The minimum atomic E-state index is -5.12. The van der Waals surface area contributed by atoms with Gasteiger partial charge in [0.1, 0.15) is 11.3 Å². The molecule has 0 bridgehead atoms. The zero-order valence-corrected chi connectivity index (χ0v) is 24.7. The molecule has 2 heterocycles. The number of halogens is 7. The summed E-state index contributed by atoms with van der Waals surface area (Å²) in [6.45, 7) is -0.0961. The minimum Gasteiger partial charge on any atom is -0.497 e. The number of carbonyl (C=O) groups is 2. The van der Waals surface area contributed by atoms with Gasteiger partial charge in [0.15, 0.2) is 11.2 Å². The number of methoxy groups -OCH3 is 1. The minimum absolute atomic E-state index is 0.0363. The van der Waals surface area contributed by atoms with Crippen LogP contribution in [0.4, 0.5) is 26.3 Å². The van der Waals surface area contributed by atoms with Crippen LogP contribution in [0.25, 0.3) is 11.0 Å². The summed E-state index contributed by atoms with van der Waals surface area (Å²) in [5.74, 6) is -1.57. The average molecular weight is 667 g/mol. The first-order valence-corrected chi connectivity index (χ1v) is 14.3. The van der Waals surface area contributed by atoms with Crippen LogP contribution >= 0.6 is 11.6 Å². The molecule has 2 amide bonds. The average Bonchev–Trinajstić information content (AvgIpc) is 3.00. The van der Waals surface area contributed by atoms with Crippen molar-refractivity contribution in [1.29, 1.82) is 0 Å². The standard InChI is InChI=1S/C32H25ClF6N2O5/c1-45-24-6-7-27-25(15-24)26(42)16-28(46-27)29(43)40-22-8-9-41(23(14-22)10-17-2-4-21(33)5-3-17)30(44)18-11-19(31(34,35)36)13-20(12-18)32(37,38)39/h2-7,11-13,15-16,22-23H,8-10,14H2,1H3,(H,40,43)/t22-,23+/m0/s1. The molecule has 7 nitrogen and oxygen atoms in total. The lowest BCUT2D eigenvalue weighted by Gasteiger charge is -2.40. The number of hydrogen-bond acceptors (Lipinski definition) is 5. The Morgan fingerprint density at radius 2 is 1.61 bits per heavy atom. The Balaban J connectivity index is 1.42. The van der Waals surface area contributed by atoms with E-state index in [4.69, 9.17) is 20.8 Å². The van der Waals surface area contributed by atoms with E-state index in [2.05, 4.69) is 5.32 Å². The van der Waals surface area contributed by atoms with Gasteiger partial charge < -0.3 is 19.4 Å². The fourth-order valence-electron chi connectivity index (χ4n) is 5.41. The Morgan fingerprint density at radius 1 is 0.957 bits per heavy atom. The molecule has 46 heavy (non-hydrogen) atoms. The molecule has 1 saturated heterocycles. The highest BCUT2D eigenvalue weighted by molar-refractivity contribution is 6.30. The van der Waals surface area contributed by atoms with Crippen LogP contribution in [0, 0.1) is 0 Å². The molecule has 4 aromatic rings. The van der Waals surface area contributed by atoms with Crippen LogP contribution in [-0.4, -0.2) is 42.5 Å². The van der Waals surface area contributed by atoms with Crippen molar-refractivity contribution in [3.63, 3.8) is 0 Å². The van der Waals surface area contributed by atoms with Crippen molar-refractivity contribution in [1.82, 2.24) is 10.2 Å². The second kappa shape index (κ2) is 12.7. The number of ether oxygens (including phenoxy) is 1. The van der Waals surface area contributed by atoms with Gasteiger partial charge in [-0.2, -0.15) is 26.3 Å². The van der Waals surface area contributed by atoms with Crippen molar-refractivity contribution in [2.75, 3.05) is 13.7 Å². The van der Waals surface area contributed by atoms with Gasteiger partial charge in [-0.25, -0.2) is 0 Å². The Kier molecular flexibility index (Phi) is 9.07. The van der Waals surface area contributed by atoms with E-state index in [1.165, 1.54) is 24.1 Å². The van der Waals surface area contributed by atoms with Crippen molar-refractivity contribution in [3.8, 4) is 5.75 Å². The summed E-state index contributed by atoms with van der Waals surface area (Å²) in [7, 11) is 1.43. The monoisotopic (exact) mass is 666 g/mol. The summed E-state index contributed by atoms with van der Waals surface area (Å²) in [6, 6.07) is 11.6. The predicted molar refractivity (Wildman–Crippen MR) is 156 cm³/mol. The van der Waals surface area contributed by atoms with Gasteiger partial charge in [-0.1, -0.05) is 23.7 Å². The number of alkyl halides is 6. The lowest BCUT2D eigenvalue weighted by atomic mass is 9.91. The highest BCUT2D eigenvalue weighted by atomic mass is 35.5. The largest absolute Gasteiger partial charge is 0.497 e. The number of likely N-dealkylation sites (tertiary alicyclic amines) is 1. The predicted octanol–water partition coefficient (Wildman–Crippen LogP) is 7.14. The number of carbonyl (C=O) groups excluding carboxylic acids is 2. The summed E-state index contributed by atoms with van der Waals surface area (Å²) >= 11 is 5.98. The Morgan fingerprint density at radius 3 is 2.22 bits per heavy atom. The SMILES string of the molecule is COc1ccc2oc(C(=O)N[C@H]3CCN(C(=O)c4cc(C(F)(F)F)cc(C(F)(F)F)c4)[C@H](Cc4ccc(Cl)cc4)C3)cc(=O)c2c1. The molecule has 0 radical (unpaired) electrons. The highest BCUT2D eigenvalue weighted by Gasteiger charge is 2.39. The number of nitrogens with one attached hydrogen (secondary N) is 1. The Labute approximate surface area is 262 Å². The summed E-state index contributed by atoms with van der Waals surface area (Å²) in [6.07, 6.45) is -9.87. The van der Waals surface area contributed by atoms with E-state index >= 15 is 0 Å². The van der Waals surface area contributed by atoms with Crippen molar-refractivity contribution >= 4 is 34.4 Å². The molecular weight excluding hydrogens is 642 g/mol. The van der Waals surface area contributed by atoms with Crippen LogP contribution in [0.15, 0.2) is 75.9 Å². The topological polar surface area (TPSA) is 88.8 Å². The molecule has 2 atom stereocenters. The van der Waals surface area contributed by atoms with Crippen LogP contribution in [0.2, 0.25) is 5.02 Å². The van der Waals surface area contributed by atoms with Gasteiger partial charge >= 0.3 is 12.4 Å². The molecule has 1 aromatic heterocycles. The van der Waals surface area contributed by atoms with E-state index in [0.717, 1.165) is 6.07 Å². The number of piperidine rings is 1. The first-order chi connectivity index (χ1) is 21.6. The summed E-state index contributed by atoms with van der Waals surface area (Å²) < 4.78 is 91.9. The second-order valence-corrected chi connectivity index (χ2v) is 11.2. The molecule has 1 fully saturated rings. The molecule has 1 aliphatic heterocycles. The normalized spacial score (nSPS) is 17.2. The Hall–Kier alpha value is -4.52. The first kappa shape index (κ1) is 32.9. The molecule has 1 aliphatic rings. The van der Waals surface area contributed by atoms with Gasteiger partial charge in [0.05, 0.1) is 23.6 Å². The Bertz CT molecular complexity index is 1810. The van der Waals surface area contributed by atoms with Gasteiger partial charge in [-0.3, -0.25) is 14.4 Å². The maximum absolute atomic E-state index is 13.6. The van der Waals surface area contributed by atoms with Gasteiger partial charge in [0.2, 0.25) is 0 Å². The first-order valence-electron chi connectivity index (χ1n) is 13.9. The molecule has 5 rings (SSSR count). The number of nitrogens with zero attached hydrogens (tertiary/aromatic N) is 1. The number of rotatable bonds is 6. The number of fused-ring (bicyclic) bond motifs is 1. The molecule has 1 N–H and O–H groups in total. The maximum atomic E-state index is 13.6. The van der Waals surface area contributed by atoms with Gasteiger partial charge in [0.25, 0.3) is 11.8 Å². The molecule has 3 aromatic carbocycles. The van der Waals surface area contributed by atoms with Crippen LogP contribution in [0.5, 0.6) is 5.75 Å². The summed E-state index contributed by atoms with van der Waals surface area (Å²) in [5.41, 5.74) is -3.60. The highest BCUT2D eigenvalue weighted by Crippen LogP contribution is 2.37. The van der Waals surface area contributed by atoms with Crippen molar-refractivity contribution < 1.29 is 45.1 Å². The van der Waals surface area contributed by atoms with E-state index in [1.807, 2.05) is 0 Å². The van der Waals surface area contributed by atoms with Gasteiger partial charge in [0, 0.05) is 35.3 Å². The van der Waals surface area contributed by atoms with Crippen LogP contribution in [0.3, 0.4) is 0 Å². The number of amides is 2. The molecule has 0 unspecified atom stereocenters. The van der Waals surface area contributed by atoms with E-state index < -0.39 is 58.4 Å². The van der Waals surface area contributed by atoms with E-state index in [9.17, 15) is 40.7 Å². The lowest BCUT2D eigenvalue weighted by Crippen LogP contribution is -2.52. The zero-order valence-electron chi connectivity index (χ0n) is 24.0. The number of benzene rings is 3. The van der Waals surface area contributed by atoms with Gasteiger partial charge in [-0.15, -0.1) is 0 Å². The van der Waals surface area contributed by atoms with Crippen molar-refractivity contribution in [3.05, 3.63) is 110 Å². The molecular formula is C32H25ClF6N2O5. The zero-order chi connectivity index (χ0) is 33.4. The summed E-state index contributed by atoms with van der Waals surface area (Å²) in [5, 5.41) is 3.42. The molecule has 242 valence electrons.